The van der Waals surface area contributed by atoms with Gasteiger partial charge >= 0.3 is 0 Å². The third-order valence-electron chi connectivity index (χ3n) is 5.10. The molecule has 1 aliphatic heterocycles. The van der Waals surface area contributed by atoms with Gasteiger partial charge in [-0.3, -0.25) is 4.79 Å². The molecule has 1 aromatic rings. The summed E-state index contributed by atoms with van der Waals surface area (Å²) in [6.45, 7) is 3.05. The monoisotopic (exact) mass is 289 g/mol. The molecule has 1 amide bonds. The molecule has 2 atom stereocenters. The molecule has 2 aliphatic rings. The van der Waals surface area contributed by atoms with E-state index in [0.717, 1.165) is 31.2 Å². The number of carbonyl (C=O) groups is 1. The van der Waals surface area contributed by atoms with E-state index in [1.165, 1.54) is 0 Å². The second-order valence-corrected chi connectivity index (χ2v) is 6.57. The number of fused-ring (bicyclic) bond motifs is 1. The van der Waals surface area contributed by atoms with Gasteiger partial charge in [-0.05, 0) is 43.9 Å². The van der Waals surface area contributed by atoms with E-state index < -0.39 is 5.60 Å². The van der Waals surface area contributed by atoms with Crippen LogP contribution in [0.5, 0.6) is 5.75 Å². The van der Waals surface area contributed by atoms with Crippen molar-refractivity contribution < 1.29 is 15.0 Å². The highest BCUT2D eigenvalue weighted by molar-refractivity contribution is 5.97. The Balaban J connectivity index is 1.77. The second kappa shape index (κ2) is 5.34. The molecule has 3 rings (SSSR count). The summed E-state index contributed by atoms with van der Waals surface area (Å²) in [7, 11) is 0. The van der Waals surface area contributed by atoms with E-state index in [9.17, 15) is 15.0 Å². The van der Waals surface area contributed by atoms with Crippen molar-refractivity contribution in [1.82, 2.24) is 4.90 Å². The lowest BCUT2D eigenvalue weighted by molar-refractivity contribution is -0.0886. The number of amides is 1. The maximum atomic E-state index is 12.6. The molecule has 4 nitrogen and oxygen atoms in total. The number of likely N-dealkylation sites (tertiary alicyclic amines) is 1. The Bertz CT molecular complexity index is 557. The fourth-order valence-corrected chi connectivity index (χ4v) is 3.75. The highest BCUT2D eigenvalue weighted by atomic mass is 16.3. The zero-order valence-corrected chi connectivity index (χ0v) is 12.5. The van der Waals surface area contributed by atoms with Crippen LogP contribution in [-0.2, 0) is 0 Å². The normalized spacial score (nSPS) is 29.0. The molecule has 1 aliphatic carbocycles. The lowest BCUT2D eigenvalue weighted by Crippen LogP contribution is -2.54. The van der Waals surface area contributed by atoms with E-state index in [1.807, 2.05) is 13.0 Å². The Hall–Kier alpha value is -1.55. The minimum absolute atomic E-state index is 0.0458. The zero-order valence-electron chi connectivity index (χ0n) is 12.5. The van der Waals surface area contributed by atoms with Crippen molar-refractivity contribution in [3.05, 3.63) is 29.3 Å². The number of benzene rings is 1. The number of phenolic OH excluding ortho intramolecular Hbond substituents is 1. The number of aryl methyl sites for hydroxylation is 1. The van der Waals surface area contributed by atoms with Gasteiger partial charge in [0.05, 0.1) is 11.2 Å². The van der Waals surface area contributed by atoms with Crippen molar-refractivity contribution in [1.29, 1.82) is 0 Å². The maximum absolute atomic E-state index is 12.6. The fraction of sp³-hybridized carbons (Fsp3) is 0.588. The average molecular weight is 289 g/mol. The van der Waals surface area contributed by atoms with Crippen LogP contribution >= 0.6 is 0 Å². The summed E-state index contributed by atoms with van der Waals surface area (Å²) in [5.41, 5.74) is 0.718. The second-order valence-electron chi connectivity index (χ2n) is 6.57. The van der Waals surface area contributed by atoms with E-state index in [2.05, 4.69) is 0 Å². The molecule has 2 N–H and O–H groups in total. The quantitative estimate of drug-likeness (QED) is 0.835. The Labute approximate surface area is 125 Å². The topological polar surface area (TPSA) is 60.8 Å². The summed E-state index contributed by atoms with van der Waals surface area (Å²) in [5, 5.41) is 20.6. The lowest BCUT2D eigenvalue weighted by atomic mass is 9.71. The van der Waals surface area contributed by atoms with Crippen molar-refractivity contribution in [3.8, 4) is 5.75 Å². The van der Waals surface area contributed by atoms with Crippen LogP contribution in [0.1, 0.15) is 48.0 Å². The number of phenols is 1. The van der Waals surface area contributed by atoms with Crippen molar-refractivity contribution >= 4 is 5.91 Å². The summed E-state index contributed by atoms with van der Waals surface area (Å²) < 4.78 is 0. The van der Waals surface area contributed by atoms with E-state index in [4.69, 9.17) is 0 Å². The van der Waals surface area contributed by atoms with E-state index in [0.29, 0.717) is 25.1 Å². The molecule has 1 aromatic carbocycles. The number of piperidine rings is 1. The van der Waals surface area contributed by atoms with Crippen molar-refractivity contribution in [2.24, 2.45) is 5.92 Å². The third kappa shape index (κ3) is 2.64. The first kappa shape index (κ1) is 14.4. The molecule has 0 aromatic heterocycles. The van der Waals surface area contributed by atoms with Crippen LogP contribution in [0.3, 0.4) is 0 Å². The fourth-order valence-electron chi connectivity index (χ4n) is 3.75. The third-order valence-corrected chi connectivity index (χ3v) is 5.10. The highest BCUT2D eigenvalue weighted by Crippen LogP contribution is 2.40. The van der Waals surface area contributed by atoms with Crippen LogP contribution in [0.25, 0.3) is 0 Å². The summed E-state index contributed by atoms with van der Waals surface area (Å²) in [5.74, 6) is 0.0983. The first-order valence-electron chi connectivity index (χ1n) is 7.81. The number of aromatic hydroxyl groups is 1. The van der Waals surface area contributed by atoms with E-state index in [-0.39, 0.29) is 17.6 Å². The molecule has 114 valence electrons. The Kier molecular flexibility index (Phi) is 3.66. The van der Waals surface area contributed by atoms with Gasteiger partial charge in [0, 0.05) is 19.0 Å². The predicted octanol–water partition coefficient (Wildman–Crippen LogP) is 2.47. The Morgan fingerprint density at radius 2 is 2.14 bits per heavy atom. The molecule has 4 heteroatoms. The standard InChI is InChI=1S/C17H23NO3/c1-12-5-6-14(15(19)10-12)16(20)18-9-8-17(21)7-3-2-4-13(17)11-18/h5-6,10,13,19,21H,2-4,7-9,11H2,1H3. The number of rotatable bonds is 1. The van der Waals surface area contributed by atoms with Gasteiger partial charge < -0.3 is 15.1 Å². The van der Waals surface area contributed by atoms with Gasteiger partial charge in [0.2, 0.25) is 0 Å². The van der Waals surface area contributed by atoms with Crippen molar-refractivity contribution in [3.63, 3.8) is 0 Å². The molecular weight excluding hydrogens is 266 g/mol. The van der Waals surface area contributed by atoms with Crippen LogP contribution < -0.4 is 0 Å². The highest BCUT2D eigenvalue weighted by Gasteiger charge is 2.43. The van der Waals surface area contributed by atoms with Gasteiger partial charge in [-0.1, -0.05) is 18.9 Å². The molecular formula is C17H23NO3. The maximum Gasteiger partial charge on any atom is 0.257 e. The van der Waals surface area contributed by atoms with Crippen LogP contribution in [0, 0.1) is 12.8 Å². The zero-order chi connectivity index (χ0) is 15.0. The van der Waals surface area contributed by atoms with Crippen LogP contribution in [0.15, 0.2) is 18.2 Å². The largest absolute Gasteiger partial charge is 0.507 e. The molecule has 21 heavy (non-hydrogen) atoms. The molecule has 1 saturated carbocycles. The number of aliphatic hydroxyl groups is 1. The summed E-state index contributed by atoms with van der Waals surface area (Å²) in [6.07, 6.45) is 4.70. The Morgan fingerprint density at radius 3 is 2.90 bits per heavy atom. The van der Waals surface area contributed by atoms with Gasteiger partial charge in [0.25, 0.3) is 5.91 Å². The van der Waals surface area contributed by atoms with Crippen molar-refractivity contribution in [2.45, 2.75) is 44.6 Å². The molecule has 1 heterocycles. The molecule has 0 radical (unpaired) electrons. The summed E-state index contributed by atoms with van der Waals surface area (Å²) >= 11 is 0. The average Bonchev–Trinajstić information content (AvgIpc) is 2.45. The summed E-state index contributed by atoms with van der Waals surface area (Å²) in [6, 6.07) is 5.15. The van der Waals surface area contributed by atoms with Gasteiger partial charge in [0.15, 0.2) is 0 Å². The van der Waals surface area contributed by atoms with E-state index in [1.54, 1.807) is 17.0 Å². The number of hydrogen-bond donors (Lipinski definition) is 2. The first-order chi connectivity index (χ1) is 9.99. The molecule has 0 spiro atoms. The minimum atomic E-state index is -0.579. The van der Waals surface area contributed by atoms with Crippen molar-refractivity contribution in [2.75, 3.05) is 13.1 Å². The van der Waals surface area contributed by atoms with Crippen LogP contribution in [0.2, 0.25) is 0 Å². The molecule has 1 saturated heterocycles. The molecule has 0 bridgehead atoms. The van der Waals surface area contributed by atoms with Crippen LogP contribution in [0.4, 0.5) is 0 Å². The van der Waals surface area contributed by atoms with Crippen LogP contribution in [-0.4, -0.2) is 39.7 Å². The Morgan fingerprint density at radius 1 is 1.33 bits per heavy atom. The minimum Gasteiger partial charge on any atom is -0.507 e. The van der Waals surface area contributed by atoms with Gasteiger partial charge in [-0.2, -0.15) is 0 Å². The number of nitrogens with zero attached hydrogens (tertiary/aromatic N) is 1. The predicted molar refractivity (Wildman–Crippen MR) is 80.3 cm³/mol. The molecule has 2 fully saturated rings. The van der Waals surface area contributed by atoms with E-state index >= 15 is 0 Å². The van der Waals surface area contributed by atoms with Gasteiger partial charge in [-0.15, -0.1) is 0 Å². The number of hydrogen-bond acceptors (Lipinski definition) is 3. The smallest absolute Gasteiger partial charge is 0.257 e. The number of carbonyl (C=O) groups excluding carboxylic acids is 1. The summed E-state index contributed by atoms with van der Waals surface area (Å²) in [4.78, 5) is 14.4. The first-order valence-corrected chi connectivity index (χ1v) is 7.81. The SMILES string of the molecule is Cc1ccc(C(=O)N2CCC3(O)CCCCC3C2)c(O)c1. The van der Waals surface area contributed by atoms with Gasteiger partial charge in [-0.25, -0.2) is 0 Å². The lowest BCUT2D eigenvalue weighted by Gasteiger charge is -2.47. The molecule has 2 unspecified atom stereocenters. The van der Waals surface area contributed by atoms with Gasteiger partial charge in [0.1, 0.15) is 5.75 Å².